The van der Waals surface area contributed by atoms with Crippen molar-refractivity contribution in [2.75, 3.05) is 48.7 Å². The molecule has 0 bridgehead atoms. The van der Waals surface area contributed by atoms with Crippen LogP contribution in [0.15, 0.2) is 24.3 Å². The lowest BCUT2D eigenvalue weighted by atomic mass is 10.1. The second kappa shape index (κ2) is 13.6. The van der Waals surface area contributed by atoms with Crippen LogP contribution in [0.5, 0.6) is 0 Å². The van der Waals surface area contributed by atoms with Crippen LogP contribution in [-0.2, 0) is 22.6 Å². The fourth-order valence-corrected chi connectivity index (χ4v) is 4.28. The number of aromatic nitrogens is 2. The smallest absolute Gasteiger partial charge is 0.353 e. The molecule has 0 saturated carbocycles. The summed E-state index contributed by atoms with van der Waals surface area (Å²) >= 11 is 0. The summed E-state index contributed by atoms with van der Waals surface area (Å²) in [6.45, 7) is 8.24. The molecular weight excluding hydrogens is 462 g/mol. The van der Waals surface area contributed by atoms with Gasteiger partial charge < -0.3 is 20.7 Å². The van der Waals surface area contributed by atoms with E-state index >= 15 is 0 Å². The van der Waals surface area contributed by atoms with Gasteiger partial charge in [0, 0.05) is 26.2 Å². The summed E-state index contributed by atoms with van der Waals surface area (Å²) in [6.07, 6.45) is 4.36. The van der Waals surface area contributed by atoms with Crippen molar-refractivity contribution in [3.05, 3.63) is 45.5 Å². The number of nitrogen functional groups attached to an aromatic ring is 1. The van der Waals surface area contributed by atoms with Crippen LogP contribution in [0.1, 0.15) is 57.1 Å². The summed E-state index contributed by atoms with van der Waals surface area (Å²) in [5.41, 5.74) is 7.79. The number of benzene rings is 1. The Labute approximate surface area is 212 Å². The van der Waals surface area contributed by atoms with Crippen LogP contribution >= 0.6 is 0 Å². The van der Waals surface area contributed by atoms with E-state index in [0.717, 1.165) is 38.0 Å². The molecule has 11 heteroatoms. The van der Waals surface area contributed by atoms with Crippen LogP contribution in [0.2, 0.25) is 0 Å². The molecule has 1 aromatic carbocycles. The van der Waals surface area contributed by atoms with Crippen molar-refractivity contribution in [3.8, 4) is 0 Å². The number of nitrogens with zero attached hydrogens (tertiary/aromatic N) is 5. The van der Waals surface area contributed by atoms with E-state index in [1.54, 1.807) is 11.8 Å². The second-order valence-corrected chi connectivity index (χ2v) is 8.92. The molecule has 196 valence electrons. The molecule has 0 atom stereocenters. The molecule has 0 aliphatic carbocycles. The second-order valence-electron chi connectivity index (χ2n) is 8.92. The molecule has 2 heterocycles. The maximum atomic E-state index is 12.1. The normalized spacial score (nSPS) is 13.5. The molecule has 0 amide bonds. The molecule has 1 aliphatic heterocycles. The number of anilines is 3. The molecule has 0 unspecified atom stereocenters. The SMILES string of the molecule is CCCCNc1nc(N)c([N+](=O)[O-])c(N(CCC(=O)OCC)Cc2cccc(CN3CCCC3)c2)n1. The van der Waals surface area contributed by atoms with Gasteiger partial charge in [0.15, 0.2) is 0 Å². The standard InChI is InChI=1S/C25H37N7O4/c1-3-5-12-27-25-28-23(26)22(32(34)35)24(29-25)31(15-11-21(33)36-4-2)18-20-10-8-9-19(16-20)17-30-13-6-7-14-30/h8-10,16H,3-7,11-15,17-18H2,1-2H3,(H3,26,27,28,29). The number of esters is 1. The maximum absolute atomic E-state index is 12.1. The molecule has 3 rings (SSSR count). The fraction of sp³-hybridized carbons (Fsp3) is 0.560. The van der Waals surface area contributed by atoms with Gasteiger partial charge in [0.1, 0.15) is 0 Å². The van der Waals surface area contributed by atoms with E-state index in [-0.39, 0.29) is 48.8 Å². The number of carbonyl (C=O) groups is 1. The van der Waals surface area contributed by atoms with Gasteiger partial charge in [0.25, 0.3) is 0 Å². The van der Waals surface area contributed by atoms with Gasteiger partial charge in [0.05, 0.1) is 18.0 Å². The topological polar surface area (TPSA) is 140 Å². The first kappa shape index (κ1) is 27.1. The molecule has 2 aromatic rings. The van der Waals surface area contributed by atoms with Gasteiger partial charge in [-0.3, -0.25) is 19.8 Å². The molecule has 3 N–H and O–H groups in total. The van der Waals surface area contributed by atoms with Crippen LogP contribution in [-0.4, -0.2) is 58.5 Å². The minimum atomic E-state index is -0.568. The zero-order chi connectivity index (χ0) is 25.9. The van der Waals surface area contributed by atoms with E-state index in [9.17, 15) is 14.9 Å². The largest absolute Gasteiger partial charge is 0.466 e. The Hall–Kier alpha value is -3.47. The van der Waals surface area contributed by atoms with Crippen molar-refractivity contribution in [3.63, 3.8) is 0 Å². The van der Waals surface area contributed by atoms with Crippen LogP contribution < -0.4 is 16.0 Å². The highest BCUT2D eigenvalue weighted by Gasteiger charge is 2.28. The number of nitro groups is 1. The highest BCUT2D eigenvalue weighted by molar-refractivity contribution is 5.73. The van der Waals surface area contributed by atoms with Crippen LogP contribution in [0.25, 0.3) is 0 Å². The van der Waals surface area contributed by atoms with E-state index in [1.807, 2.05) is 12.1 Å². The van der Waals surface area contributed by atoms with Crippen LogP contribution in [0.4, 0.5) is 23.3 Å². The van der Waals surface area contributed by atoms with Crippen molar-refractivity contribution in [2.45, 2.75) is 59.0 Å². The van der Waals surface area contributed by atoms with Gasteiger partial charge in [-0.2, -0.15) is 9.97 Å². The van der Waals surface area contributed by atoms with Crippen LogP contribution in [0, 0.1) is 10.1 Å². The maximum Gasteiger partial charge on any atom is 0.353 e. The van der Waals surface area contributed by atoms with Crippen molar-refractivity contribution in [1.29, 1.82) is 0 Å². The first-order valence-corrected chi connectivity index (χ1v) is 12.7. The lowest BCUT2D eigenvalue weighted by molar-refractivity contribution is -0.383. The molecule has 1 saturated heterocycles. The Kier molecular flexibility index (Phi) is 10.2. The van der Waals surface area contributed by atoms with E-state index in [0.29, 0.717) is 13.1 Å². The predicted molar refractivity (Wildman–Crippen MR) is 140 cm³/mol. The number of hydrogen-bond acceptors (Lipinski definition) is 10. The third kappa shape index (κ3) is 7.77. The molecule has 36 heavy (non-hydrogen) atoms. The van der Waals surface area contributed by atoms with Gasteiger partial charge in [-0.15, -0.1) is 0 Å². The highest BCUT2D eigenvalue weighted by atomic mass is 16.6. The zero-order valence-corrected chi connectivity index (χ0v) is 21.2. The molecule has 1 aliphatic rings. The fourth-order valence-electron chi connectivity index (χ4n) is 4.28. The Bertz CT molecular complexity index is 1030. The van der Waals surface area contributed by atoms with E-state index in [1.165, 1.54) is 18.4 Å². The number of hydrogen-bond donors (Lipinski definition) is 2. The summed E-state index contributed by atoms with van der Waals surface area (Å²) in [5.74, 6) is -0.282. The Morgan fingerprint density at radius 3 is 2.69 bits per heavy atom. The summed E-state index contributed by atoms with van der Waals surface area (Å²) in [5, 5.41) is 15.1. The molecule has 1 fully saturated rings. The lowest BCUT2D eigenvalue weighted by Gasteiger charge is -2.24. The van der Waals surface area contributed by atoms with E-state index in [4.69, 9.17) is 10.5 Å². The van der Waals surface area contributed by atoms with Gasteiger partial charge in [0.2, 0.25) is 17.6 Å². The average molecular weight is 500 g/mol. The summed E-state index contributed by atoms with van der Waals surface area (Å²) < 4.78 is 5.09. The van der Waals surface area contributed by atoms with E-state index < -0.39 is 4.92 Å². The van der Waals surface area contributed by atoms with Crippen LogP contribution in [0.3, 0.4) is 0 Å². The average Bonchev–Trinajstić information content (AvgIpc) is 3.35. The number of carbonyl (C=O) groups excluding carboxylic acids is 1. The van der Waals surface area contributed by atoms with Gasteiger partial charge in [-0.25, -0.2) is 0 Å². The first-order valence-electron chi connectivity index (χ1n) is 12.7. The molecule has 0 spiro atoms. The number of unbranched alkanes of at least 4 members (excludes halogenated alkanes) is 1. The highest BCUT2D eigenvalue weighted by Crippen LogP contribution is 2.33. The monoisotopic (exact) mass is 499 g/mol. The first-order chi connectivity index (χ1) is 17.4. The Morgan fingerprint density at radius 1 is 1.25 bits per heavy atom. The van der Waals surface area contributed by atoms with Crippen molar-refractivity contribution >= 4 is 29.2 Å². The zero-order valence-electron chi connectivity index (χ0n) is 21.2. The van der Waals surface area contributed by atoms with E-state index in [2.05, 4.69) is 39.2 Å². The quantitative estimate of drug-likeness (QED) is 0.171. The summed E-state index contributed by atoms with van der Waals surface area (Å²) in [4.78, 5) is 36.3. The Morgan fingerprint density at radius 2 is 2.00 bits per heavy atom. The van der Waals surface area contributed by atoms with Gasteiger partial charge in [-0.05, 0) is 50.4 Å². The van der Waals surface area contributed by atoms with Gasteiger partial charge in [-0.1, -0.05) is 37.6 Å². The van der Waals surface area contributed by atoms with Crippen molar-refractivity contribution in [1.82, 2.24) is 14.9 Å². The van der Waals surface area contributed by atoms with Crippen molar-refractivity contribution in [2.24, 2.45) is 0 Å². The minimum Gasteiger partial charge on any atom is -0.466 e. The number of nitrogens with one attached hydrogen (secondary N) is 1. The summed E-state index contributed by atoms with van der Waals surface area (Å²) in [6, 6.07) is 8.16. The Balaban J connectivity index is 1.92. The number of ether oxygens (including phenoxy) is 1. The molecule has 11 nitrogen and oxygen atoms in total. The minimum absolute atomic E-state index is 0.0565. The number of rotatable bonds is 14. The summed E-state index contributed by atoms with van der Waals surface area (Å²) in [7, 11) is 0. The third-order valence-corrected chi connectivity index (χ3v) is 6.05. The number of nitrogens with two attached hydrogens (primary N) is 1. The lowest BCUT2D eigenvalue weighted by Crippen LogP contribution is -2.29. The van der Waals surface area contributed by atoms with Gasteiger partial charge >= 0.3 is 11.7 Å². The molecule has 1 aromatic heterocycles. The predicted octanol–water partition coefficient (Wildman–Crippen LogP) is 3.73. The van der Waals surface area contributed by atoms with Crippen molar-refractivity contribution < 1.29 is 14.5 Å². The number of likely N-dealkylation sites (tertiary alicyclic amines) is 1. The third-order valence-electron chi connectivity index (χ3n) is 6.05. The molecular formula is C25H37N7O4. The molecule has 0 radical (unpaired) electrons.